The second kappa shape index (κ2) is 6.21. The highest BCUT2D eigenvalue weighted by Gasteiger charge is 2.38. The van der Waals surface area contributed by atoms with Crippen LogP contribution in [0.15, 0.2) is 23.2 Å². The SMILES string of the molecule is Cc1nc(N2C3CCC2CNC3)nc(Nc2ccc3c(c2)C=NC3)c1Cl. The van der Waals surface area contributed by atoms with E-state index in [2.05, 4.69) is 38.7 Å². The Morgan fingerprint density at radius 1 is 1.19 bits per heavy atom. The summed E-state index contributed by atoms with van der Waals surface area (Å²) in [6, 6.07) is 7.18. The van der Waals surface area contributed by atoms with Gasteiger partial charge < -0.3 is 15.5 Å². The fourth-order valence-electron chi connectivity index (χ4n) is 4.16. The van der Waals surface area contributed by atoms with Gasteiger partial charge in [-0.3, -0.25) is 4.99 Å². The number of halogens is 1. The molecule has 6 nitrogen and oxygen atoms in total. The summed E-state index contributed by atoms with van der Waals surface area (Å²) in [4.78, 5) is 16.2. The van der Waals surface area contributed by atoms with E-state index in [1.165, 1.54) is 18.4 Å². The van der Waals surface area contributed by atoms with Crippen molar-refractivity contribution in [2.24, 2.45) is 4.99 Å². The third-order valence-electron chi connectivity index (χ3n) is 5.52. The summed E-state index contributed by atoms with van der Waals surface area (Å²) >= 11 is 6.52. The first kappa shape index (κ1) is 16.0. The zero-order valence-corrected chi connectivity index (χ0v) is 15.4. The largest absolute Gasteiger partial charge is 0.339 e. The van der Waals surface area contributed by atoms with Crippen molar-refractivity contribution < 1.29 is 0 Å². The monoisotopic (exact) mass is 368 g/mol. The number of aryl methyl sites for hydroxylation is 1. The fraction of sp³-hybridized carbons (Fsp3) is 0.421. The normalized spacial score (nSPS) is 23.4. The van der Waals surface area contributed by atoms with Crippen LogP contribution in [-0.2, 0) is 6.54 Å². The van der Waals surface area contributed by atoms with Crippen molar-refractivity contribution in [3.05, 3.63) is 40.0 Å². The highest BCUT2D eigenvalue weighted by atomic mass is 35.5. The number of nitrogens with zero attached hydrogens (tertiary/aromatic N) is 4. The van der Waals surface area contributed by atoms with Crippen molar-refractivity contribution in [1.82, 2.24) is 15.3 Å². The summed E-state index contributed by atoms with van der Waals surface area (Å²) in [5.41, 5.74) is 4.17. The van der Waals surface area contributed by atoms with Crippen molar-refractivity contribution >= 4 is 35.3 Å². The maximum atomic E-state index is 6.52. The lowest BCUT2D eigenvalue weighted by Crippen LogP contribution is -2.52. The minimum atomic E-state index is 0.471. The molecule has 1 aromatic heterocycles. The zero-order valence-electron chi connectivity index (χ0n) is 14.7. The molecule has 0 saturated carbocycles. The van der Waals surface area contributed by atoms with E-state index in [0.29, 0.717) is 22.9 Å². The quantitative estimate of drug-likeness (QED) is 0.871. The first-order valence-electron chi connectivity index (χ1n) is 9.12. The van der Waals surface area contributed by atoms with Crippen LogP contribution in [0.4, 0.5) is 17.5 Å². The molecule has 5 rings (SSSR count). The second-order valence-corrected chi connectivity index (χ2v) is 7.61. The zero-order chi connectivity index (χ0) is 17.7. The number of anilines is 3. The van der Waals surface area contributed by atoms with Crippen molar-refractivity contribution in [1.29, 1.82) is 0 Å². The molecule has 2 fully saturated rings. The summed E-state index contributed by atoms with van der Waals surface area (Å²) in [6.07, 6.45) is 4.29. The highest BCUT2D eigenvalue weighted by molar-refractivity contribution is 6.33. The molecular formula is C19H21ClN6. The van der Waals surface area contributed by atoms with E-state index in [9.17, 15) is 0 Å². The third-order valence-corrected chi connectivity index (χ3v) is 5.97. The molecular weight excluding hydrogens is 348 g/mol. The molecule has 4 heterocycles. The number of aromatic nitrogens is 2. The first-order valence-corrected chi connectivity index (χ1v) is 9.50. The number of aliphatic imine (C=N–C) groups is 1. The molecule has 134 valence electrons. The van der Waals surface area contributed by atoms with Crippen LogP contribution < -0.4 is 15.5 Å². The van der Waals surface area contributed by atoms with E-state index in [0.717, 1.165) is 42.5 Å². The van der Waals surface area contributed by atoms with Gasteiger partial charge in [-0.1, -0.05) is 17.7 Å². The van der Waals surface area contributed by atoms with Gasteiger partial charge in [0.1, 0.15) is 5.02 Å². The van der Waals surface area contributed by atoms with E-state index in [1.54, 1.807) is 0 Å². The molecule has 0 spiro atoms. The summed E-state index contributed by atoms with van der Waals surface area (Å²) < 4.78 is 0. The second-order valence-electron chi connectivity index (χ2n) is 7.23. The van der Waals surface area contributed by atoms with Gasteiger partial charge in [0.2, 0.25) is 5.95 Å². The lowest BCUT2D eigenvalue weighted by Gasteiger charge is -2.35. The van der Waals surface area contributed by atoms with Crippen LogP contribution in [0.1, 0.15) is 29.7 Å². The first-order chi connectivity index (χ1) is 12.7. The number of benzene rings is 1. The molecule has 2 N–H and O–H groups in total. The molecule has 2 bridgehead atoms. The van der Waals surface area contributed by atoms with Gasteiger partial charge in [0.05, 0.1) is 12.2 Å². The Bertz CT molecular complexity index is 880. The van der Waals surface area contributed by atoms with Gasteiger partial charge >= 0.3 is 0 Å². The predicted molar refractivity (Wildman–Crippen MR) is 105 cm³/mol. The number of rotatable bonds is 3. The van der Waals surface area contributed by atoms with Gasteiger partial charge in [0.15, 0.2) is 5.82 Å². The number of hydrogen-bond acceptors (Lipinski definition) is 6. The fourth-order valence-corrected chi connectivity index (χ4v) is 4.30. The van der Waals surface area contributed by atoms with Crippen LogP contribution in [-0.4, -0.2) is 41.4 Å². The maximum Gasteiger partial charge on any atom is 0.228 e. The molecule has 2 atom stereocenters. The van der Waals surface area contributed by atoms with Crippen LogP contribution in [0.2, 0.25) is 5.02 Å². The van der Waals surface area contributed by atoms with Gasteiger partial charge in [0, 0.05) is 37.1 Å². The Morgan fingerprint density at radius 3 is 2.81 bits per heavy atom. The van der Waals surface area contributed by atoms with Crippen LogP contribution in [0.25, 0.3) is 0 Å². The standard InChI is InChI=1S/C19H21ClN6/c1-11-17(20)18(24-14-3-2-12-7-21-8-13(12)6-14)25-19(23-11)26-15-4-5-16(26)10-22-9-15/h2-3,6,8,15-16,22H,4-5,7,9-10H2,1H3,(H,23,24,25). The smallest absolute Gasteiger partial charge is 0.228 e. The summed E-state index contributed by atoms with van der Waals surface area (Å²) in [7, 11) is 0. The molecule has 1 aromatic carbocycles. The lowest BCUT2D eigenvalue weighted by molar-refractivity contribution is 0.477. The number of fused-ring (bicyclic) bond motifs is 3. The predicted octanol–water partition coefficient (Wildman–Crippen LogP) is 3.06. The molecule has 2 unspecified atom stereocenters. The Morgan fingerprint density at radius 2 is 2.00 bits per heavy atom. The molecule has 2 saturated heterocycles. The molecule has 3 aliphatic heterocycles. The summed E-state index contributed by atoms with van der Waals surface area (Å²) in [5.74, 6) is 1.45. The van der Waals surface area contributed by atoms with Gasteiger partial charge in [-0.15, -0.1) is 0 Å². The topological polar surface area (TPSA) is 65.4 Å². The summed E-state index contributed by atoms with van der Waals surface area (Å²) in [5, 5.41) is 7.46. The number of nitrogens with one attached hydrogen (secondary N) is 2. The molecule has 0 aliphatic carbocycles. The van der Waals surface area contributed by atoms with E-state index in [4.69, 9.17) is 21.6 Å². The average Bonchev–Trinajstić information content (AvgIpc) is 3.20. The third kappa shape index (κ3) is 2.64. The molecule has 26 heavy (non-hydrogen) atoms. The molecule has 0 radical (unpaired) electrons. The van der Waals surface area contributed by atoms with E-state index in [-0.39, 0.29) is 0 Å². The number of piperazine rings is 1. The Balaban J connectivity index is 1.49. The van der Waals surface area contributed by atoms with Crippen molar-refractivity contribution in [2.75, 3.05) is 23.3 Å². The highest BCUT2D eigenvalue weighted by Crippen LogP contribution is 2.34. The maximum absolute atomic E-state index is 6.52. The molecule has 3 aliphatic rings. The van der Waals surface area contributed by atoms with Crippen molar-refractivity contribution in [3.63, 3.8) is 0 Å². The van der Waals surface area contributed by atoms with Gasteiger partial charge in [-0.05, 0) is 43.0 Å². The van der Waals surface area contributed by atoms with Crippen molar-refractivity contribution in [2.45, 2.75) is 38.4 Å². The Hall–Kier alpha value is -2.18. The van der Waals surface area contributed by atoms with Crippen LogP contribution in [0.5, 0.6) is 0 Å². The van der Waals surface area contributed by atoms with E-state index >= 15 is 0 Å². The van der Waals surface area contributed by atoms with Crippen LogP contribution in [0.3, 0.4) is 0 Å². The summed E-state index contributed by atoms with van der Waals surface area (Å²) in [6.45, 7) is 4.69. The Labute approximate surface area is 157 Å². The lowest BCUT2D eigenvalue weighted by atomic mass is 10.1. The minimum absolute atomic E-state index is 0.471. The average molecular weight is 369 g/mol. The van der Waals surface area contributed by atoms with Gasteiger partial charge in [0.25, 0.3) is 0 Å². The van der Waals surface area contributed by atoms with Gasteiger partial charge in [-0.2, -0.15) is 4.98 Å². The Kier molecular flexibility index (Phi) is 3.83. The van der Waals surface area contributed by atoms with Gasteiger partial charge in [-0.25, -0.2) is 4.98 Å². The molecule has 7 heteroatoms. The molecule has 2 aromatic rings. The number of hydrogen-bond donors (Lipinski definition) is 2. The minimum Gasteiger partial charge on any atom is -0.339 e. The van der Waals surface area contributed by atoms with E-state index in [1.807, 2.05) is 13.1 Å². The van der Waals surface area contributed by atoms with E-state index < -0.39 is 0 Å². The molecule has 0 amide bonds. The van der Waals surface area contributed by atoms with Crippen molar-refractivity contribution in [3.8, 4) is 0 Å². The van der Waals surface area contributed by atoms with Crippen LogP contribution >= 0.6 is 11.6 Å². The van der Waals surface area contributed by atoms with Crippen LogP contribution in [0, 0.1) is 6.92 Å².